The molecule has 17 heavy (non-hydrogen) atoms. The molecule has 2 unspecified atom stereocenters. The smallest absolute Gasteiger partial charge is 0.228 e. The summed E-state index contributed by atoms with van der Waals surface area (Å²) in [6.45, 7) is 0. The molecule has 2 aliphatic heterocycles. The minimum atomic E-state index is -3.68. The highest BCUT2D eigenvalue weighted by molar-refractivity contribution is 9.09. The van der Waals surface area contributed by atoms with E-state index in [2.05, 4.69) is 15.9 Å². The number of nitrogens with zero attached hydrogens (tertiary/aromatic N) is 1. The molecule has 0 spiro atoms. The fourth-order valence-electron chi connectivity index (χ4n) is 2.85. The van der Waals surface area contributed by atoms with Crippen LogP contribution < -0.4 is 0 Å². The average molecular weight is 346 g/mol. The third-order valence-corrected chi connectivity index (χ3v) is 8.18. The molecule has 0 aromatic heterocycles. The molecule has 0 radical (unpaired) electrons. The van der Waals surface area contributed by atoms with Crippen LogP contribution in [0, 0.1) is 0 Å². The molecule has 100 valence electrons. The second-order valence-corrected chi connectivity index (χ2v) is 10.6. The van der Waals surface area contributed by atoms with Crippen molar-refractivity contribution in [1.29, 1.82) is 0 Å². The summed E-state index contributed by atoms with van der Waals surface area (Å²) in [4.78, 5) is 0.352. The van der Waals surface area contributed by atoms with E-state index in [1.807, 2.05) is 0 Å². The Labute approximate surface area is 111 Å². The standard InChI is InChI=1S/C9H16BrNO4S2/c1-16(12,13)6-17(14,15)11-8-2-3-9(11)5-7(10)4-8/h7-9H,2-6H2,1H3. The van der Waals surface area contributed by atoms with Gasteiger partial charge < -0.3 is 0 Å². The van der Waals surface area contributed by atoms with Gasteiger partial charge in [0.25, 0.3) is 0 Å². The van der Waals surface area contributed by atoms with Crippen LogP contribution in [-0.2, 0) is 19.9 Å². The number of halogens is 1. The molecule has 8 heteroatoms. The molecule has 2 bridgehead atoms. The molecule has 2 rings (SSSR count). The topological polar surface area (TPSA) is 71.5 Å². The highest BCUT2D eigenvalue weighted by Gasteiger charge is 2.46. The quantitative estimate of drug-likeness (QED) is 0.706. The Bertz CT molecular complexity index is 487. The SMILES string of the molecule is CS(=O)(=O)CS(=O)(=O)N1C2CCC1CC(Br)C2. The van der Waals surface area contributed by atoms with Gasteiger partial charge in [0.2, 0.25) is 10.0 Å². The number of hydrogen-bond acceptors (Lipinski definition) is 4. The lowest BCUT2D eigenvalue weighted by Crippen LogP contribution is -2.48. The van der Waals surface area contributed by atoms with Crippen molar-refractivity contribution >= 4 is 35.8 Å². The van der Waals surface area contributed by atoms with Crippen LogP contribution in [0.4, 0.5) is 0 Å². The maximum Gasteiger partial charge on any atom is 0.229 e. The summed E-state index contributed by atoms with van der Waals surface area (Å²) in [5.41, 5.74) is 0. The number of rotatable bonds is 3. The minimum absolute atomic E-state index is 0.0233. The highest BCUT2D eigenvalue weighted by atomic mass is 79.9. The Balaban J connectivity index is 2.24. The van der Waals surface area contributed by atoms with Crippen LogP contribution in [0.1, 0.15) is 25.7 Å². The van der Waals surface area contributed by atoms with Gasteiger partial charge >= 0.3 is 0 Å². The lowest BCUT2D eigenvalue weighted by Gasteiger charge is -2.35. The largest absolute Gasteiger partial charge is 0.229 e. The summed E-state index contributed by atoms with van der Waals surface area (Å²) in [6, 6.07) is -0.0465. The molecule has 0 aromatic rings. The second-order valence-electron chi connectivity index (χ2n) is 4.94. The van der Waals surface area contributed by atoms with Gasteiger partial charge in [0.05, 0.1) is 0 Å². The van der Waals surface area contributed by atoms with E-state index in [1.165, 1.54) is 4.31 Å². The minimum Gasteiger partial charge on any atom is -0.228 e. The number of sulfonamides is 1. The van der Waals surface area contributed by atoms with E-state index in [0.717, 1.165) is 31.9 Å². The summed E-state index contributed by atoms with van der Waals surface area (Å²) in [6.07, 6.45) is 4.20. The van der Waals surface area contributed by atoms with E-state index in [-0.39, 0.29) is 12.1 Å². The highest BCUT2D eigenvalue weighted by Crippen LogP contribution is 2.40. The van der Waals surface area contributed by atoms with E-state index in [9.17, 15) is 16.8 Å². The second kappa shape index (κ2) is 4.47. The number of alkyl halides is 1. The predicted octanol–water partition coefficient (Wildman–Crippen LogP) is 0.709. The Hall–Kier alpha value is 0.340. The Kier molecular flexibility index (Phi) is 3.62. The van der Waals surface area contributed by atoms with Gasteiger partial charge in [-0.2, -0.15) is 4.31 Å². The van der Waals surface area contributed by atoms with Crippen molar-refractivity contribution in [1.82, 2.24) is 4.31 Å². The third-order valence-electron chi connectivity index (χ3n) is 3.29. The van der Waals surface area contributed by atoms with Crippen LogP contribution in [0.2, 0.25) is 0 Å². The van der Waals surface area contributed by atoms with Crippen molar-refractivity contribution in [3.63, 3.8) is 0 Å². The molecule has 2 atom stereocenters. The van der Waals surface area contributed by atoms with Gasteiger partial charge in [0, 0.05) is 23.2 Å². The Morgan fingerprint density at radius 1 is 1.12 bits per heavy atom. The van der Waals surface area contributed by atoms with E-state index < -0.39 is 24.9 Å². The predicted molar refractivity (Wildman–Crippen MR) is 69.2 cm³/mol. The van der Waals surface area contributed by atoms with Crippen molar-refractivity contribution in [3.8, 4) is 0 Å². The van der Waals surface area contributed by atoms with Gasteiger partial charge in [-0.15, -0.1) is 0 Å². The van der Waals surface area contributed by atoms with Gasteiger partial charge in [0.1, 0.15) is 0 Å². The summed E-state index contributed by atoms with van der Waals surface area (Å²) in [5, 5.41) is -0.764. The molecule has 0 aliphatic carbocycles. The molecule has 0 amide bonds. The van der Waals surface area contributed by atoms with Crippen LogP contribution in [-0.4, -0.2) is 49.4 Å². The summed E-state index contributed by atoms with van der Waals surface area (Å²) < 4.78 is 48.0. The molecule has 0 N–H and O–H groups in total. The van der Waals surface area contributed by atoms with Crippen molar-refractivity contribution < 1.29 is 16.8 Å². The normalized spacial score (nSPS) is 35.1. The van der Waals surface area contributed by atoms with Gasteiger partial charge in [0.15, 0.2) is 14.9 Å². The first-order valence-electron chi connectivity index (χ1n) is 5.52. The maximum absolute atomic E-state index is 12.1. The molecule has 2 saturated heterocycles. The van der Waals surface area contributed by atoms with Gasteiger partial charge in [-0.05, 0) is 25.7 Å². The molecule has 5 nitrogen and oxygen atoms in total. The average Bonchev–Trinajstić information content (AvgIpc) is 2.36. The van der Waals surface area contributed by atoms with Crippen LogP contribution in [0.5, 0.6) is 0 Å². The maximum atomic E-state index is 12.1. The van der Waals surface area contributed by atoms with Crippen LogP contribution in [0.15, 0.2) is 0 Å². The molecule has 2 heterocycles. The number of hydrogen-bond donors (Lipinski definition) is 0. The number of fused-ring (bicyclic) bond motifs is 2. The fraction of sp³-hybridized carbons (Fsp3) is 1.00. The first kappa shape index (κ1) is 13.8. The van der Waals surface area contributed by atoms with Crippen LogP contribution in [0.25, 0.3) is 0 Å². The molecule has 2 aliphatic rings. The van der Waals surface area contributed by atoms with Gasteiger partial charge in [-0.1, -0.05) is 15.9 Å². The van der Waals surface area contributed by atoms with Crippen molar-refractivity contribution in [2.45, 2.75) is 42.6 Å². The fourth-order valence-corrected chi connectivity index (χ4v) is 7.66. The van der Waals surface area contributed by atoms with Crippen molar-refractivity contribution in [2.24, 2.45) is 0 Å². The van der Waals surface area contributed by atoms with Crippen molar-refractivity contribution in [3.05, 3.63) is 0 Å². The molecular formula is C9H16BrNO4S2. The van der Waals surface area contributed by atoms with Crippen molar-refractivity contribution in [2.75, 3.05) is 11.3 Å². The first-order chi connectivity index (χ1) is 7.69. The van der Waals surface area contributed by atoms with Crippen LogP contribution in [0.3, 0.4) is 0 Å². The molecular weight excluding hydrogens is 330 g/mol. The monoisotopic (exact) mass is 345 g/mol. The van der Waals surface area contributed by atoms with Gasteiger partial charge in [-0.25, -0.2) is 16.8 Å². The van der Waals surface area contributed by atoms with Crippen LogP contribution >= 0.6 is 15.9 Å². The molecule has 0 saturated carbocycles. The lowest BCUT2D eigenvalue weighted by molar-refractivity contribution is 0.256. The summed E-state index contributed by atoms with van der Waals surface area (Å²) >= 11 is 3.52. The zero-order chi connectivity index (χ0) is 12.8. The third kappa shape index (κ3) is 3.02. The number of piperidine rings is 1. The number of sulfone groups is 1. The summed E-state index contributed by atoms with van der Waals surface area (Å²) in [5.74, 6) is 0. The molecule has 2 fully saturated rings. The van der Waals surface area contributed by atoms with E-state index >= 15 is 0 Å². The first-order valence-corrected chi connectivity index (χ1v) is 10.1. The van der Waals surface area contributed by atoms with E-state index in [1.54, 1.807) is 0 Å². The molecule has 0 aromatic carbocycles. The summed E-state index contributed by atoms with van der Waals surface area (Å²) in [7, 11) is -7.18. The van der Waals surface area contributed by atoms with E-state index in [4.69, 9.17) is 0 Å². The van der Waals surface area contributed by atoms with E-state index in [0.29, 0.717) is 4.83 Å². The zero-order valence-electron chi connectivity index (χ0n) is 9.54. The Morgan fingerprint density at radius 2 is 1.59 bits per heavy atom. The van der Waals surface area contributed by atoms with Gasteiger partial charge in [-0.3, -0.25) is 0 Å². The lowest BCUT2D eigenvalue weighted by atomic mass is 10.1. The Morgan fingerprint density at radius 3 is 2.00 bits per heavy atom. The zero-order valence-corrected chi connectivity index (χ0v) is 12.8.